The molecule has 0 spiro atoms. The lowest BCUT2D eigenvalue weighted by molar-refractivity contribution is 0.103. The van der Waals surface area contributed by atoms with E-state index in [0.717, 1.165) is 5.82 Å². The Kier molecular flexibility index (Phi) is 2.37. The molecular weight excluding hydrogens is 188 g/mol. The number of nitrogens with zero attached hydrogens (tertiary/aromatic N) is 2. The van der Waals surface area contributed by atoms with Gasteiger partial charge in [-0.05, 0) is 6.92 Å². The molecule has 0 aliphatic rings. The average Bonchev–Trinajstić information content (AvgIpc) is 2.60. The third-order valence-corrected chi connectivity index (χ3v) is 2.49. The summed E-state index contributed by atoms with van der Waals surface area (Å²) in [5.41, 5.74) is 1.32. The predicted octanol–water partition coefficient (Wildman–Crippen LogP) is 1.96. The van der Waals surface area contributed by atoms with Crippen LogP contribution in [0.4, 0.5) is 0 Å². The summed E-state index contributed by atoms with van der Waals surface area (Å²) in [6, 6.07) is 9.23. The van der Waals surface area contributed by atoms with Crippen molar-refractivity contribution in [1.29, 1.82) is 0 Å². The minimum atomic E-state index is 0.0127. The number of rotatable bonds is 2. The number of aromatic nitrogens is 2. The Bertz CT molecular complexity index is 486. The highest BCUT2D eigenvalue weighted by Gasteiger charge is 2.13. The SMILES string of the molecule is Cc1ncc(C(=O)c2ccccc2)n1C. The van der Waals surface area contributed by atoms with Gasteiger partial charge in [0.15, 0.2) is 0 Å². The van der Waals surface area contributed by atoms with Crippen LogP contribution in [-0.2, 0) is 7.05 Å². The summed E-state index contributed by atoms with van der Waals surface area (Å²) < 4.78 is 1.80. The van der Waals surface area contributed by atoms with E-state index >= 15 is 0 Å². The van der Waals surface area contributed by atoms with Crippen LogP contribution >= 0.6 is 0 Å². The maximum absolute atomic E-state index is 12.0. The third kappa shape index (κ3) is 1.68. The molecule has 15 heavy (non-hydrogen) atoms. The van der Waals surface area contributed by atoms with Gasteiger partial charge in [-0.1, -0.05) is 30.3 Å². The van der Waals surface area contributed by atoms with E-state index in [-0.39, 0.29) is 5.78 Å². The van der Waals surface area contributed by atoms with Gasteiger partial charge >= 0.3 is 0 Å². The number of hydrogen-bond acceptors (Lipinski definition) is 2. The van der Waals surface area contributed by atoms with Crippen molar-refractivity contribution in [3.63, 3.8) is 0 Å². The zero-order valence-electron chi connectivity index (χ0n) is 8.77. The number of aryl methyl sites for hydroxylation is 1. The van der Waals surface area contributed by atoms with Crippen molar-refractivity contribution in [2.45, 2.75) is 6.92 Å². The molecule has 0 aliphatic heterocycles. The summed E-state index contributed by atoms with van der Waals surface area (Å²) in [4.78, 5) is 16.1. The molecule has 2 aromatic rings. The van der Waals surface area contributed by atoms with E-state index < -0.39 is 0 Å². The van der Waals surface area contributed by atoms with Gasteiger partial charge in [0.25, 0.3) is 0 Å². The zero-order valence-corrected chi connectivity index (χ0v) is 8.77. The first-order valence-corrected chi connectivity index (χ1v) is 4.78. The maximum atomic E-state index is 12.0. The van der Waals surface area contributed by atoms with Crippen molar-refractivity contribution in [2.75, 3.05) is 0 Å². The van der Waals surface area contributed by atoms with Gasteiger partial charge in [-0.15, -0.1) is 0 Å². The molecule has 1 heterocycles. The molecule has 76 valence electrons. The molecule has 0 saturated heterocycles. The summed E-state index contributed by atoms with van der Waals surface area (Å²) in [6.07, 6.45) is 1.62. The summed E-state index contributed by atoms with van der Waals surface area (Å²) in [7, 11) is 1.85. The first-order valence-electron chi connectivity index (χ1n) is 4.78. The van der Waals surface area contributed by atoms with Crippen molar-refractivity contribution in [1.82, 2.24) is 9.55 Å². The summed E-state index contributed by atoms with van der Waals surface area (Å²) >= 11 is 0. The van der Waals surface area contributed by atoms with Crippen LogP contribution in [0, 0.1) is 6.92 Å². The number of carbonyl (C=O) groups excluding carboxylic acids is 1. The molecule has 0 aliphatic carbocycles. The number of carbonyl (C=O) groups is 1. The van der Waals surface area contributed by atoms with Gasteiger partial charge in [-0.3, -0.25) is 4.79 Å². The molecule has 1 aromatic carbocycles. The standard InChI is InChI=1S/C12H12N2O/c1-9-13-8-11(14(9)2)12(15)10-6-4-3-5-7-10/h3-8H,1-2H3. The largest absolute Gasteiger partial charge is 0.329 e. The second-order valence-electron chi connectivity index (χ2n) is 3.44. The zero-order chi connectivity index (χ0) is 10.8. The Morgan fingerprint density at radius 3 is 2.47 bits per heavy atom. The molecular formula is C12H12N2O. The molecule has 3 heteroatoms. The fourth-order valence-corrected chi connectivity index (χ4v) is 1.45. The van der Waals surface area contributed by atoms with Crippen molar-refractivity contribution in [3.05, 3.63) is 53.6 Å². The highest BCUT2D eigenvalue weighted by atomic mass is 16.1. The van der Waals surface area contributed by atoms with Crippen molar-refractivity contribution < 1.29 is 4.79 Å². The molecule has 1 aromatic heterocycles. The number of imidazole rings is 1. The Morgan fingerprint density at radius 2 is 1.93 bits per heavy atom. The molecule has 0 amide bonds. The Hall–Kier alpha value is -1.90. The second kappa shape index (κ2) is 3.69. The van der Waals surface area contributed by atoms with Crippen LogP contribution in [0.5, 0.6) is 0 Å². The van der Waals surface area contributed by atoms with E-state index in [1.165, 1.54) is 0 Å². The van der Waals surface area contributed by atoms with E-state index in [1.807, 2.05) is 44.3 Å². The number of hydrogen-bond donors (Lipinski definition) is 0. The maximum Gasteiger partial charge on any atom is 0.211 e. The van der Waals surface area contributed by atoms with Crippen LogP contribution in [-0.4, -0.2) is 15.3 Å². The van der Waals surface area contributed by atoms with Crippen molar-refractivity contribution >= 4 is 5.78 Å². The van der Waals surface area contributed by atoms with Crippen LogP contribution < -0.4 is 0 Å². The van der Waals surface area contributed by atoms with Crippen LogP contribution in [0.1, 0.15) is 21.9 Å². The van der Waals surface area contributed by atoms with Gasteiger partial charge in [-0.2, -0.15) is 0 Å². The molecule has 0 saturated carbocycles. The molecule has 0 bridgehead atoms. The van der Waals surface area contributed by atoms with E-state index in [9.17, 15) is 4.79 Å². The van der Waals surface area contributed by atoms with Gasteiger partial charge in [0, 0.05) is 12.6 Å². The first-order chi connectivity index (χ1) is 7.20. The van der Waals surface area contributed by atoms with Gasteiger partial charge in [0.05, 0.1) is 6.20 Å². The lowest BCUT2D eigenvalue weighted by Crippen LogP contribution is -2.07. The predicted molar refractivity (Wildman–Crippen MR) is 57.8 cm³/mol. The Morgan fingerprint density at radius 1 is 1.27 bits per heavy atom. The van der Waals surface area contributed by atoms with Crippen molar-refractivity contribution in [3.8, 4) is 0 Å². The minimum Gasteiger partial charge on any atom is -0.329 e. The Labute approximate surface area is 88.4 Å². The molecule has 0 unspecified atom stereocenters. The van der Waals surface area contributed by atoms with Crippen LogP contribution in [0.2, 0.25) is 0 Å². The Balaban J connectivity index is 2.42. The van der Waals surface area contributed by atoms with Crippen LogP contribution in [0.3, 0.4) is 0 Å². The van der Waals surface area contributed by atoms with E-state index in [0.29, 0.717) is 11.3 Å². The molecule has 3 nitrogen and oxygen atoms in total. The average molecular weight is 200 g/mol. The minimum absolute atomic E-state index is 0.0127. The topological polar surface area (TPSA) is 34.9 Å². The van der Waals surface area contributed by atoms with Gasteiger partial charge in [0.1, 0.15) is 11.5 Å². The molecule has 0 N–H and O–H groups in total. The van der Waals surface area contributed by atoms with E-state index in [4.69, 9.17) is 0 Å². The smallest absolute Gasteiger partial charge is 0.211 e. The summed E-state index contributed by atoms with van der Waals surface area (Å²) in [5.74, 6) is 0.855. The lowest BCUT2D eigenvalue weighted by atomic mass is 10.1. The summed E-state index contributed by atoms with van der Waals surface area (Å²) in [5, 5.41) is 0. The van der Waals surface area contributed by atoms with Gasteiger partial charge in [0.2, 0.25) is 5.78 Å². The molecule has 2 rings (SSSR count). The molecule has 0 radical (unpaired) electrons. The quantitative estimate of drug-likeness (QED) is 0.694. The van der Waals surface area contributed by atoms with E-state index in [2.05, 4.69) is 4.98 Å². The normalized spacial score (nSPS) is 10.3. The highest BCUT2D eigenvalue weighted by Crippen LogP contribution is 2.09. The first kappa shape index (κ1) is 9.65. The lowest BCUT2D eigenvalue weighted by Gasteiger charge is -2.02. The highest BCUT2D eigenvalue weighted by molar-refractivity contribution is 6.07. The molecule has 0 fully saturated rings. The monoisotopic (exact) mass is 200 g/mol. The van der Waals surface area contributed by atoms with Gasteiger partial charge in [-0.25, -0.2) is 4.98 Å². The number of benzene rings is 1. The van der Waals surface area contributed by atoms with E-state index in [1.54, 1.807) is 10.8 Å². The fourth-order valence-electron chi connectivity index (χ4n) is 1.45. The summed E-state index contributed by atoms with van der Waals surface area (Å²) in [6.45, 7) is 1.88. The van der Waals surface area contributed by atoms with Gasteiger partial charge < -0.3 is 4.57 Å². The fraction of sp³-hybridized carbons (Fsp3) is 0.167. The third-order valence-electron chi connectivity index (χ3n) is 2.49. The van der Waals surface area contributed by atoms with Crippen LogP contribution in [0.25, 0.3) is 0 Å². The second-order valence-corrected chi connectivity index (χ2v) is 3.44. The number of ketones is 1. The van der Waals surface area contributed by atoms with Crippen LogP contribution in [0.15, 0.2) is 36.5 Å². The van der Waals surface area contributed by atoms with Crippen molar-refractivity contribution in [2.24, 2.45) is 7.05 Å². The molecule has 0 atom stereocenters.